The number of fused-ring (bicyclic) bond motifs is 3. The molecule has 4 nitrogen and oxygen atoms in total. The fourth-order valence-corrected chi connectivity index (χ4v) is 3.43. The summed E-state index contributed by atoms with van der Waals surface area (Å²) in [6, 6.07) is 7.96. The second-order valence-electron chi connectivity index (χ2n) is 4.30. The second-order valence-corrected chi connectivity index (χ2v) is 5.44. The summed E-state index contributed by atoms with van der Waals surface area (Å²) < 4.78 is 17.1. The molecule has 1 aliphatic rings. The fourth-order valence-electron chi connectivity index (χ4n) is 2.27. The van der Waals surface area contributed by atoms with Crippen molar-refractivity contribution in [2.75, 3.05) is 0 Å². The lowest BCUT2D eigenvalue weighted by molar-refractivity contribution is 0.439. The Labute approximate surface area is 103 Å². The average Bonchev–Trinajstić information content (AvgIpc) is 2.86. The van der Waals surface area contributed by atoms with Gasteiger partial charge in [-0.3, -0.25) is 4.57 Å². The number of benzene rings is 1. The summed E-state index contributed by atoms with van der Waals surface area (Å²) in [6.45, 7) is 2.17. The molecule has 5 heteroatoms. The van der Waals surface area contributed by atoms with Gasteiger partial charge in [0.15, 0.2) is 0 Å². The number of hydrogen-bond acceptors (Lipinski definition) is 3. The highest BCUT2D eigenvalue weighted by Crippen LogP contribution is 2.31. The Kier molecular flexibility index (Phi) is 2.82. The lowest BCUT2D eigenvalue weighted by Crippen LogP contribution is -2.22. The van der Waals surface area contributed by atoms with Gasteiger partial charge >= 0.3 is 5.16 Å². The van der Waals surface area contributed by atoms with Crippen molar-refractivity contribution in [2.45, 2.75) is 37.5 Å². The Morgan fingerprint density at radius 3 is 3.12 bits per heavy atom. The minimum absolute atomic E-state index is 0.123. The maximum Gasteiger partial charge on any atom is 0.347 e. The number of nitrogens with one attached hydrogen (secondary N) is 1. The summed E-state index contributed by atoms with van der Waals surface area (Å²) in [6.07, 6.45) is 3.39. The summed E-state index contributed by atoms with van der Waals surface area (Å²) in [5, 5.41) is 0.660. The molecule has 0 amide bonds. The first-order valence-electron chi connectivity index (χ1n) is 5.96. The third-order valence-electron chi connectivity index (χ3n) is 3.12. The zero-order valence-corrected chi connectivity index (χ0v) is 10.5. The highest BCUT2D eigenvalue weighted by atomic mass is 32.2. The van der Waals surface area contributed by atoms with Crippen LogP contribution >= 0.6 is 0 Å². The molecule has 0 saturated carbocycles. The summed E-state index contributed by atoms with van der Waals surface area (Å²) in [5.74, 6) is 0. The standard InChI is InChI=1S/C12H15N3OS/c1-2-3-8-11-14-17(16)12-13-9-6-4-5-7-10(9)15(11)12/h4-7,11,14H,2-3,8H2,1H3. The van der Waals surface area contributed by atoms with Gasteiger partial charge in [-0.1, -0.05) is 31.9 Å². The lowest BCUT2D eigenvalue weighted by atomic mass is 10.2. The predicted octanol–water partition coefficient (Wildman–Crippen LogP) is 2.35. The molecule has 0 aliphatic carbocycles. The molecule has 2 heterocycles. The van der Waals surface area contributed by atoms with E-state index in [1.807, 2.05) is 24.3 Å². The van der Waals surface area contributed by atoms with Gasteiger partial charge in [-0.05, 0) is 18.6 Å². The molecule has 90 valence electrons. The van der Waals surface area contributed by atoms with Crippen LogP contribution < -0.4 is 4.72 Å². The molecular weight excluding hydrogens is 234 g/mol. The van der Waals surface area contributed by atoms with Crippen LogP contribution in [0, 0.1) is 0 Å². The largest absolute Gasteiger partial charge is 0.590 e. The molecule has 2 atom stereocenters. The minimum Gasteiger partial charge on any atom is -0.590 e. The van der Waals surface area contributed by atoms with E-state index in [1.54, 1.807) is 0 Å². The Morgan fingerprint density at radius 1 is 1.47 bits per heavy atom. The summed E-state index contributed by atoms with van der Waals surface area (Å²) >= 11 is -1.16. The van der Waals surface area contributed by atoms with Gasteiger partial charge < -0.3 is 4.55 Å². The van der Waals surface area contributed by atoms with Gasteiger partial charge in [0.1, 0.15) is 17.5 Å². The number of aromatic nitrogens is 2. The molecule has 0 spiro atoms. The number of nitrogens with zero attached hydrogens (tertiary/aromatic N) is 2. The molecule has 0 bridgehead atoms. The number of para-hydroxylation sites is 2. The number of rotatable bonds is 3. The van der Waals surface area contributed by atoms with Gasteiger partial charge in [0, 0.05) is 0 Å². The summed E-state index contributed by atoms with van der Waals surface area (Å²) in [5.41, 5.74) is 2.00. The van der Waals surface area contributed by atoms with Gasteiger partial charge in [-0.2, -0.15) is 4.98 Å². The van der Waals surface area contributed by atoms with Crippen molar-refractivity contribution in [1.82, 2.24) is 14.3 Å². The van der Waals surface area contributed by atoms with Gasteiger partial charge in [0.2, 0.25) is 0 Å². The van der Waals surface area contributed by atoms with Crippen molar-refractivity contribution in [2.24, 2.45) is 0 Å². The van der Waals surface area contributed by atoms with E-state index in [1.165, 1.54) is 0 Å². The van der Waals surface area contributed by atoms with E-state index in [0.29, 0.717) is 5.16 Å². The molecule has 1 N–H and O–H groups in total. The predicted molar refractivity (Wildman–Crippen MR) is 67.8 cm³/mol. The molecule has 2 aromatic rings. The van der Waals surface area contributed by atoms with E-state index in [4.69, 9.17) is 0 Å². The molecule has 0 fully saturated rings. The van der Waals surface area contributed by atoms with Gasteiger partial charge in [0.25, 0.3) is 0 Å². The van der Waals surface area contributed by atoms with Crippen LogP contribution in [0.4, 0.5) is 0 Å². The van der Waals surface area contributed by atoms with Gasteiger partial charge in [0.05, 0.1) is 11.0 Å². The van der Waals surface area contributed by atoms with E-state index in [-0.39, 0.29) is 6.17 Å². The van der Waals surface area contributed by atoms with Crippen molar-refractivity contribution in [3.8, 4) is 0 Å². The van der Waals surface area contributed by atoms with Crippen LogP contribution in [0.25, 0.3) is 11.0 Å². The van der Waals surface area contributed by atoms with Crippen LogP contribution in [0.5, 0.6) is 0 Å². The van der Waals surface area contributed by atoms with Crippen LogP contribution in [0.2, 0.25) is 0 Å². The molecule has 3 rings (SSSR count). The first-order chi connectivity index (χ1) is 8.31. The number of unbranched alkanes of at least 4 members (excludes halogenated alkanes) is 1. The molecule has 1 aromatic carbocycles. The third-order valence-corrected chi connectivity index (χ3v) is 4.22. The Morgan fingerprint density at radius 2 is 2.29 bits per heavy atom. The smallest absolute Gasteiger partial charge is 0.347 e. The summed E-state index contributed by atoms with van der Waals surface area (Å²) in [7, 11) is 0. The van der Waals surface area contributed by atoms with Crippen LogP contribution in [0.15, 0.2) is 29.4 Å². The molecule has 17 heavy (non-hydrogen) atoms. The molecule has 1 aliphatic heterocycles. The Bertz CT molecular complexity index is 540. The highest BCUT2D eigenvalue weighted by Gasteiger charge is 2.36. The number of imidazole rings is 1. The number of hydrogen-bond donors (Lipinski definition) is 1. The van der Waals surface area contributed by atoms with Gasteiger partial charge in [-0.25, -0.2) is 0 Å². The van der Waals surface area contributed by atoms with Crippen LogP contribution in [-0.2, 0) is 11.4 Å². The maximum atomic E-state index is 11.9. The van der Waals surface area contributed by atoms with E-state index < -0.39 is 11.4 Å². The topological polar surface area (TPSA) is 52.9 Å². The van der Waals surface area contributed by atoms with Crippen LogP contribution in [0.1, 0.15) is 32.4 Å². The van der Waals surface area contributed by atoms with Crippen molar-refractivity contribution in [1.29, 1.82) is 0 Å². The third kappa shape index (κ3) is 1.74. The van der Waals surface area contributed by atoms with Crippen molar-refractivity contribution in [3.05, 3.63) is 24.3 Å². The maximum absolute atomic E-state index is 11.9. The lowest BCUT2D eigenvalue weighted by Gasteiger charge is -2.10. The second kappa shape index (κ2) is 4.33. The molecular formula is C12H15N3OS. The van der Waals surface area contributed by atoms with E-state index in [2.05, 4.69) is 21.2 Å². The highest BCUT2D eigenvalue weighted by molar-refractivity contribution is 7.89. The van der Waals surface area contributed by atoms with Crippen molar-refractivity contribution in [3.63, 3.8) is 0 Å². The fraction of sp³-hybridized carbons (Fsp3) is 0.417. The molecule has 0 radical (unpaired) electrons. The van der Waals surface area contributed by atoms with Crippen LogP contribution in [0.3, 0.4) is 0 Å². The molecule has 2 unspecified atom stereocenters. The Hall–Kier alpha value is -1.04. The van der Waals surface area contributed by atoms with Crippen molar-refractivity contribution < 1.29 is 4.55 Å². The normalized spacial score (nSPS) is 23.2. The zero-order chi connectivity index (χ0) is 11.8. The van der Waals surface area contributed by atoms with E-state index in [0.717, 1.165) is 30.3 Å². The quantitative estimate of drug-likeness (QED) is 0.849. The van der Waals surface area contributed by atoms with Crippen LogP contribution in [-0.4, -0.2) is 14.1 Å². The SMILES string of the molecule is CCCCC1N[S+]([O-])c2nc3ccccc3n21. The monoisotopic (exact) mass is 249 g/mol. The average molecular weight is 249 g/mol. The Balaban J connectivity index is 2.06. The molecule has 0 saturated heterocycles. The van der Waals surface area contributed by atoms with Crippen molar-refractivity contribution >= 4 is 22.4 Å². The van der Waals surface area contributed by atoms with E-state index >= 15 is 0 Å². The zero-order valence-electron chi connectivity index (χ0n) is 9.72. The first kappa shape index (κ1) is 11.1. The minimum atomic E-state index is -1.16. The molecule has 1 aromatic heterocycles. The van der Waals surface area contributed by atoms with Gasteiger partial charge in [-0.15, -0.1) is 4.72 Å². The van der Waals surface area contributed by atoms with E-state index in [9.17, 15) is 4.55 Å². The first-order valence-corrected chi connectivity index (χ1v) is 7.11. The summed E-state index contributed by atoms with van der Waals surface area (Å²) in [4.78, 5) is 4.43.